The molecule has 1 aliphatic heterocycles. The summed E-state index contributed by atoms with van der Waals surface area (Å²) in [5, 5.41) is 9.62. The first-order valence-corrected chi connectivity index (χ1v) is 10.1. The number of carboxylic acid groups (broad SMARTS) is 1. The molecule has 0 aliphatic carbocycles. The van der Waals surface area contributed by atoms with Gasteiger partial charge < -0.3 is 24.0 Å². The number of hydrogen-bond acceptors (Lipinski definition) is 6. The normalized spacial score (nSPS) is 18.1. The highest BCUT2D eigenvalue weighted by Gasteiger charge is 2.42. The fourth-order valence-corrected chi connectivity index (χ4v) is 4.25. The van der Waals surface area contributed by atoms with Crippen molar-refractivity contribution < 1.29 is 28.7 Å². The highest BCUT2D eigenvalue weighted by molar-refractivity contribution is 7.89. The Morgan fingerprint density at radius 1 is 1.14 bits per heavy atom. The molecule has 1 aliphatic rings. The molecular formula is C20H22N2O6S. The van der Waals surface area contributed by atoms with Crippen LogP contribution in [0.25, 0.3) is 0 Å². The van der Waals surface area contributed by atoms with Gasteiger partial charge in [0.25, 0.3) is 0 Å². The van der Waals surface area contributed by atoms with E-state index in [2.05, 4.69) is 0 Å². The summed E-state index contributed by atoms with van der Waals surface area (Å²) in [6, 6.07) is 14.7. The number of rotatable bonds is 6. The number of ether oxygens (including phenoxy) is 2. The van der Waals surface area contributed by atoms with Gasteiger partial charge in [0.15, 0.2) is 10.9 Å². The van der Waals surface area contributed by atoms with Crippen LogP contribution < -0.4 is 4.74 Å². The molecule has 0 radical (unpaired) electrons. The lowest BCUT2D eigenvalue weighted by molar-refractivity contribution is -0.143. The number of carboxylic acids is 1. The Morgan fingerprint density at radius 2 is 1.83 bits per heavy atom. The lowest BCUT2D eigenvalue weighted by atomic mass is 10.2. The van der Waals surface area contributed by atoms with Crippen LogP contribution in [-0.2, 0) is 27.5 Å². The van der Waals surface area contributed by atoms with E-state index in [4.69, 9.17) is 9.47 Å². The third-order valence-corrected chi connectivity index (χ3v) is 6.09. The number of nitrogens with zero attached hydrogens (tertiary/aromatic N) is 2. The van der Waals surface area contributed by atoms with Crippen LogP contribution >= 0.6 is 0 Å². The van der Waals surface area contributed by atoms with Crippen molar-refractivity contribution in [2.75, 3.05) is 26.7 Å². The zero-order valence-electron chi connectivity index (χ0n) is 15.9. The zero-order chi connectivity index (χ0) is 20.8. The van der Waals surface area contributed by atoms with Gasteiger partial charge in [0, 0.05) is 6.54 Å². The molecule has 3 rings (SSSR count). The molecule has 2 unspecified atom stereocenters. The van der Waals surface area contributed by atoms with Gasteiger partial charge in [-0.05, 0) is 29.8 Å². The summed E-state index contributed by atoms with van der Waals surface area (Å²) >= 11 is -1.67. The second-order valence-electron chi connectivity index (χ2n) is 6.41. The second kappa shape index (κ2) is 9.64. The monoisotopic (exact) mass is 418 g/mol. The smallest absolute Gasteiger partial charge is 0.410 e. The summed E-state index contributed by atoms with van der Waals surface area (Å²) in [5.74, 6) is -0.529. The molecule has 0 saturated carbocycles. The fraction of sp³-hybridized carbons (Fsp3) is 0.300. The number of methoxy groups -OCH3 is 1. The summed E-state index contributed by atoms with van der Waals surface area (Å²) in [5.41, 5.74) is 0.842. The molecule has 0 bridgehead atoms. The summed E-state index contributed by atoms with van der Waals surface area (Å²) in [4.78, 5) is 25.9. The molecule has 154 valence electrons. The molecule has 8 nitrogen and oxygen atoms in total. The van der Waals surface area contributed by atoms with Crippen molar-refractivity contribution in [1.82, 2.24) is 9.21 Å². The molecular weight excluding hydrogens is 396 g/mol. The molecule has 0 spiro atoms. The third-order valence-electron chi connectivity index (χ3n) is 4.55. The summed E-state index contributed by atoms with van der Waals surface area (Å²) in [7, 11) is 1.53. The third kappa shape index (κ3) is 5.20. The van der Waals surface area contributed by atoms with E-state index in [9.17, 15) is 19.2 Å². The van der Waals surface area contributed by atoms with Crippen LogP contribution in [-0.4, -0.2) is 63.7 Å². The maximum absolute atomic E-state index is 12.9. The summed E-state index contributed by atoms with van der Waals surface area (Å²) in [6.07, 6.45) is -0.588. The number of amides is 1. The van der Waals surface area contributed by atoms with Crippen molar-refractivity contribution in [3.05, 3.63) is 60.2 Å². The van der Waals surface area contributed by atoms with Crippen LogP contribution in [0.4, 0.5) is 4.79 Å². The quantitative estimate of drug-likeness (QED) is 0.717. The number of carbonyl (C=O) groups is 2. The zero-order valence-corrected chi connectivity index (χ0v) is 16.7. The Morgan fingerprint density at radius 3 is 2.45 bits per heavy atom. The maximum Gasteiger partial charge on any atom is 0.410 e. The van der Waals surface area contributed by atoms with E-state index in [1.165, 1.54) is 16.3 Å². The lowest BCUT2D eigenvalue weighted by Gasteiger charge is -2.37. The van der Waals surface area contributed by atoms with Gasteiger partial charge in [-0.3, -0.25) is 4.79 Å². The molecule has 1 N–H and O–H groups in total. The maximum atomic E-state index is 12.9. The van der Waals surface area contributed by atoms with E-state index in [0.717, 1.165) is 5.56 Å². The predicted molar refractivity (Wildman–Crippen MR) is 106 cm³/mol. The van der Waals surface area contributed by atoms with Crippen LogP contribution in [0.2, 0.25) is 0 Å². The molecule has 1 fully saturated rings. The first-order chi connectivity index (χ1) is 14.0. The molecule has 2 atom stereocenters. The first-order valence-electron chi connectivity index (χ1n) is 9.00. The molecule has 1 heterocycles. The Hall–Kier alpha value is -2.75. The molecule has 1 saturated heterocycles. The van der Waals surface area contributed by atoms with E-state index >= 15 is 0 Å². The topological polar surface area (TPSA) is 102 Å². The van der Waals surface area contributed by atoms with Crippen LogP contribution in [0.1, 0.15) is 5.56 Å². The Balaban J connectivity index is 1.64. The number of aliphatic carboxylic acids is 1. The highest BCUT2D eigenvalue weighted by atomic mass is 32.2. The Labute approximate surface area is 171 Å². The van der Waals surface area contributed by atoms with E-state index in [1.54, 1.807) is 24.3 Å². The van der Waals surface area contributed by atoms with Crippen LogP contribution in [0, 0.1) is 0 Å². The minimum Gasteiger partial charge on any atom is -0.593 e. The minimum absolute atomic E-state index is 0.106. The van der Waals surface area contributed by atoms with Gasteiger partial charge in [-0.15, -0.1) is 4.31 Å². The van der Waals surface area contributed by atoms with Crippen molar-refractivity contribution in [3.8, 4) is 5.75 Å². The molecule has 1 amide bonds. The van der Waals surface area contributed by atoms with Crippen molar-refractivity contribution >= 4 is 23.4 Å². The largest absolute Gasteiger partial charge is 0.593 e. The summed E-state index contributed by atoms with van der Waals surface area (Å²) < 4.78 is 24.7. The average Bonchev–Trinajstić information content (AvgIpc) is 2.77. The van der Waals surface area contributed by atoms with E-state index in [1.807, 2.05) is 30.3 Å². The van der Waals surface area contributed by atoms with Gasteiger partial charge >= 0.3 is 12.1 Å². The number of piperazine rings is 1. The van der Waals surface area contributed by atoms with Crippen LogP contribution in [0.3, 0.4) is 0 Å². The van der Waals surface area contributed by atoms with Gasteiger partial charge in [-0.25, -0.2) is 4.79 Å². The molecule has 9 heteroatoms. The molecule has 2 aromatic rings. The Bertz CT molecular complexity index is 833. The highest BCUT2D eigenvalue weighted by Crippen LogP contribution is 2.24. The average molecular weight is 418 g/mol. The van der Waals surface area contributed by atoms with Gasteiger partial charge in [0.05, 0.1) is 31.6 Å². The van der Waals surface area contributed by atoms with Crippen LogP contribution in [0.15, 0.2) is 59.5 Å². The van der Waals surface area contributed by atoms with E-state index < -0.39 is 29.5 Å². The lowest BCUT2D eigenvalue weighted by Crippen LogP contribution is -2.59. The van der Waals surface area contributed by atoms with Crippen molar-refractivity contribution in [2.24, 2.45) is 0 Å². The first kappa shape index (κ1) is 21.0. The van der Waals surface area contributed by atoms with Crippen molar-refractivity contribution in [2.45, 2.75) is 17.5 Å². The number of benzene rings is 2. The second-order valence-corrected chi connectivity index (χ2v) is 7.84. The minimum atomic E-state index is -1.67. The molecule has 29 heavy (non-hydrogen) atoms. The number of carbonyl (C=O) groups excluding carboxylic acids is 1. The van der Waals surface area contributed by atoms with E-state index in [0.29, 0.717) is 10.6 Å². The van der Waals surface area contributed by atoms with Gasteiger partial charge in [0.2, 0.25) is 0 Å². The summed E-state index contributed by atoms with van der Waals surface area (Å²) in [6.45, 7) is 0.371. The van der Waals surface area contributed by atoms with Crippen molar-refractivity contribution in [1.29, 1.82) is 0 Å². The molecule has 2 aromatic carbocycles. The SMILES string of the molecule is COc1ccc([S+]([O-])N2CCN(C(=O)OCc3ccccc3)CC2C(=O)O)cc1. The predicted octanol–water partition coefficient (Wildman–Crippen LogP) is 2.13. The fourth-order valence-electron chi connectivity index (χ4n) is 2.97. The van der Waals surface area contributed by atoms with Gasteiger partial charge in [-0.1, -0.05) is 30.3 Å². The van der Waals surface area contributed by atoms with Gasteiger partial charge in [0.1, 0.15) is 12.4 Å². The van der Waals surface area contributed by atoms with Gasteiger partial charge in [-0.2, -0.15) is 0 Å². The number of hydrogen-bond donors (Lipinski definition) is 1. The Kier molecular flexibility index (Phi) is 6.97. The molecule has 0 aromatic heterocycles. The standard InChI is InChI=1S/C20H22N2O6S/c1-27-16-7-9-17(10-8-16)29(26)22-12-11-21(13-18(22)19(23)24)20(25)28-14-15-5-3-2-4-6-15/h2-10,18H,11-14H2,1H3,(H,23,24). The van der Waals surface area contributed by atoms with Crippen molar-refractivity contribution in [3.63, 3.8) is 0 Å². The van der Waals surface area contributed by atoms with E-state index in [-0.39, 0.29) is 26.2 Å². The van der Waals surface area contributed by atoms with Crippen LogP contribution in [0.5, 0.6) is 5.75 Å².